The number of methoxy groups -OCH3 is 3. The largest absolute Gasteiger partial charge is 0.493 e. The Morgan fingerprint density at radius 3 is 2.40 bits per heavy atom. The maximum absolute atomic E-state index is 12.1. The van der Waals surface area contributed by atoms with Crippen LogP contribution in [-0.2, 0) is 0 Å². The summed E-state index contributed by atoms with van der Waals surface area (Å²) in [5.74, 6) is 1.81. The zero-order valence-electron chi connectivity index (χ0n) is 20.6. The average molecular weight is 480 g/mol. The van der Waals surface area contributed by atoms with Gasteiger partial charge in [-0.05, 0) is 36.8 Å². The molecule has 0 atom stereocenters. The molecule has 0 saturated heterocycles. The first kappa shape index (κ1) is 27.0. The van der Waals surface area contributed by atoms with E-state index in [1.54, 1.807) is 58.0 Å². The van der Waals surface area contributed by atoms with Crippen molar-refractivity contribution < 1.29 is 19.0 Å². The Kier molecular flexibility index (Phi) is 10.9. The molecule has 9 nitrogen and oxygen atoms in total. The van der Waals surface area contributed by atoms with Crippen LogP contribution in [0.2, 0.25) is 0 Å². The van der Waals surface area contributed by atoms with Crippen molar-refractivity contribution in [1.29, 1.82) is 0 Å². The number of anilines is 2. The van der Waals surface area contributed by atoms with Crippen LogP contribution in [0.4, 0.5) is 11.4 Å². The molecule has 1 amide bonds. The van der Waals surface area contributed by atoms with Crippen molar-refractivity contribution in [3.05, 3.63) is 78.3 Å². The number of ether oxygens (including phenoxy) is 3. The zero-order valence-corrected chi connectivity index (χ0v) is 20.6. The van der Waals surface area contributed by atoms with Gasteiger partial charge in [0.05, 0.1) is 21.3 Å². The highest BCUT2D eigenvalue weighted by molar-refractivity contribution is 5.95. The van der Waals surface area contributed by atoms with Gasteiger partial charge in [-0.15, -0.1) is 0 Å². The first-order valence-corrected chi connectivity index (χ1v) is 10.9. The van der Waals surface area contributed by atoms with Crippen LogP contribution in [0.5, 0.6) is 17.2 Å². The van der Waals surface area contributed by atoms with Crippen LogP contribution >= 0.6 is 0 Å². The van der Waals surface area contributed by atoms with Gasteiger partial charge in [0, 0.05) is 54.6 Å². The maximum Gasteiger partial charge on any atom is 0.251 e. The van der Waals surface area contributed by atoms with Gasteiger partial charge < -0.3 is 35.9 Å². The Labute approximate surface area is 206 Å². The highest BCUT2D eigenvalue weighted by Gasteiger charge is 2.13. The SMILES string of the molecule is C=C(\N=C/C(/C=C\Nc1cccc(C(=O)NCCN)c1)=C\C)Nc1cc(OC)c(OC)c(OC)c1. The summed E-state index contributed by atoms with van der Waals surface area (Å²) in [6, 6.07) is 10.7. The monoisotopic (exact) mass is 479 g/mol. The molecular weight excluding hydrogens is 446 g/mol. The molecule has 2 rings (SSSR count). The molecule has 0 radical (unpaired) electrons. The van der Waals surface area contributed by atoms with E-state index in [0.717, 1.165) is 11.3 Å². The van der Waals surface area contributed by atoms with Crippen LogP contribution in [0.1, 0.15) is 17.3 Å². The van der Waals surface area contributed by atoms with Gasteiger partial charge in [-0.1, -0.05) is 18.7 Å². The Bertz CT molecular complexity index is 1080. The third kappa shape index (κ3) is 8.24. The summed E-state index contributed by atoms with van der Waals surface area (Å²) in [7, 11) is 4.66. The van der Waals surface area contributed by atoms with Crippen LogP contribution in [0.15, 0.2) is 77.7 Å². The molecule has 0 spiro atoms. The number of nitrogens with one attached hydrogen (secondary N) is 3. The lowest BCUT2D eigenvalue weighted by molar-refractivity contribution is 0.0955. The minimum absolute atomic E-state index is 0.164. The second-order valence-corrected chi connectivity index (χ2v) is 7.14. The van der Waals surface area contributed by atoms with E-state index in [1.807, 2.05) is 31.2 Å². The average Bonchev–Trinajstić information content (AvgIpc) is 2.88. The molecule has 0 heterocycles. The molecule has 186 valence electrons. The van der Waals surface area contributed by atoms with Crippen LogP contribution in [-0.4, -0.2) is 46.5 Å². The lowest BCUT2D eigenvalue weighted by atomic mass is 10.2. The highest BCUT2D eigenvalue weighted by Crippen LogP contribution is 2.40. The van der Waals surface area contributed by atoms with E-state index < -0.39 is 0 Å². The molecule has 5 N–H and O–H groups in total. The second kappa shape index (κ2) is 14.1. The molecule has 9 heteroatoms. The number of carbonyl (C=O) groups is 1. The second-order valence-electron chi connectivity index (χ2n) is 7.14. The number of amides is 1. The minimum atomic E-state index is -0.164. The minimum Gasteiger partial charge on any atom is -0.493 e. The number of hydrogen-bond acceptors (Lipinski definition) is 8. The number of aliphatic imine (C=N–C) groups is 1. The van der Waals surface area contributed by atoms with Gasteiger partial charge in [0.15, 0.2) is 11.5 Å². The topological polar surface area (TPSA) is 119 Å². The summed E-state index contributed by atoms with van der Waals surface area (Å²) in [6.07, 6.45) is 7.22. The van der Waals surface area contributed by atoms with Gasteiger partial charge in [0.1, 0.15) is 5.82 Å². The summed E-state index contributed by atoms with van der Waals surface area (Å²) < 4.78 is 16.1. The zero-order chi connectivity index (χ0) is 25.6. The van der Waals surface area contributed by atoms with Crippen molar-refractivity contribution in [2.45, 2.75) is 6.92 Å². The third-order valence-electron chi connectivity index (χ3n) is 4.74. The van der Waals surface area contributed by atoms with E-state index in [0.29, 0.717) is 47.4 Å². The number of nitrogens with zero attached hydrogens (tertiary/aromatic N) is 1. The van der Waals surface area contributed by atoms with Gasteiger partial charge >= 0.3 is 0 Å². The summed E-state index contributed by atoms with van der Waals surface area (Å²) in [5, 5.41) is 9.03. The summed E-state index contributed by atoms with van der Waals surface area (Å²) in [4.78, 5) is 16.5. The normalized spacial score (nSPS) is 11.4. The van der Waals surface area contributed by atoms with Gasteiger partial charge in [0.25, 0.3) is 5.91 Å². The Morgan fingerprint density at radius 2 is 1.80 bits per heavy atom. The number of benzene rings is 2. The molecular formula is C26H33N5O4. The van der Waals surface area contributed by atoms with Crippen molar-refractivity contribution in [2.75, 3.05) is 45.1 Å². The fraction of sp³-hybridized carbons (Fsp3) is 0.231. The van der Waals surface area contributed by atoms with Crippen molar-refractivity contribution >= 4 is 23.5 Å². The fourth-order valence-corrected chi connectivity index (χ4v) is 2.99. The quantitative estimate of drug-likeness (QED) is 0.254. The van der Waals surface area contributed by atoms with E-state index in [2.05, 4.69) is 27.5 Å². The van der Waals surface area contributed by atoms with Crippen LogP contribution < -0.4 is 35.9 Å². The molecule has 0 bridgehead atoms. The van der Waals surface area contributed by atoms with Crippen molar-refractivity contribution in [3.8, 4) is 17.2 Å². The fourth-order valence-electron chi connectivity index (χ4n) is 2.99. The van der Waals surface area contributed by atoms with E-state index in [4.69, 9.17) is 19.9 Å². The lowest BCUT2D eigenvalue weighted by Crippen LogP contribution is -2.28. The number of hydrogen-bond donors (Lipinski definition) is 4. The predicted molar refractivity (Wildman–Crippen MR) is 142 cm³/mol. The standard InChI is InChI=1S/C26H33N5O4/c1-6-19(10-12-28-21-9-7-8-20(14-21)26(32)29-13-11-27)17-30-18(2)31-22-15-23(33-3)25(35-5)24(16-22)34-4/h6-10,12,14-17,28,31H,2,11,13,27H2,1,3-5H3,(H,29,32)/b12-10-,19-6-,30-17-. The van der Waals surface area contributed by atoms with E-state index in [9.17, 15) is 4.79 Å². The number of rotatable bonds is 13. The number of allylic oxidation sites excluding steroid dienone is 3. The van der Waals surface area contributed by atoms with E-state index in [1.165, 1.54) is 0 Å². The first-order chi connectivity index (χ1) is 16.9. The Morgan fingerprint density at radius 1 is 1.09 bits per heavy atom. The molecule has 2 aromatic carbocycles. The first-order valence-electron chi connectivity index (χ1n) is 10.9. The highest BCUT2D eigenvalue weighted by atomic mass is 16.5. The van der Waals surface area contributed by atoms with Crippen molar-refractivity contribution in [1.82, 2.24) is 5.32 Å². The van der Waals surface area contributed by atoms with Crippen molar-refractivity contribution in [2.24, 2.45) is 10.7 Å². The summed E-state index contributed by atoms with van der Waals surface area (Å²) in [6.45, 7) is 6.68. The van der Waals surface area contributed by atoms with Gasteiger partial charge in [-0.2, -0.15) is 0 Å². The molecule has 0 saturated carbocycles. The van der Waals surface area contributed by atoms with Gasteiger partial charge in [-0.3, -0.25) is 4.79 Å². The van der Waals surface area contributed by atoms with E-state index >= 15 is 0 Å². The molecule has 0 aliphatic heterocycles. The van der Waals surface area contributed by atoms with Crippen molar-refractivity contribution in [3.63, 3.8) is 0 Å². The third-order valence-corrected chi connectivity index (χ3v) is 4.74. The smallest absolute Gasteiger partial charge is 0.251 e. The lowest BCUT2D eigenvalue weighted by Gasteiger charge is -2.14. The van der Waals surface area contributed by atoms with Crippen LogP contribution in [0.3, 0.4) is 0 Å². The number of carbonyl (C=O) groups excluding carboxylic acids is 1. The Balaban J connectivity index is 2.00. The van der Waals surface area contributed by atoms with Crippen LogP contribution in [0, 0.1) is 0 Å². The summed E-state index contributed by atoms with van der Waals surface area (Å²) >= 11 is 0. The molecule has 0 unspecified atom stereocenters. The number of nitrogens with two attached hydrogens (primary N) is 1. The maximum atomic E-state index is 12.1. The molecule has 0 aromatic heterocycles. The van der Waals surface area contributed by atoms with E-state index in [-0.39, 0.29) is 5.91 Å². The molecule has 0 aliphatic rings. The predicted octanol–water partition coefficient (Wildman–Crippen LogP) is 3.93. The molecule has 0 fully saturated rings. The molecule has 35 heavy (non-hydrogen) atoms. The van der Waals surface area contributed by atoms with Gasteiger partial charge in [-0.25, -0.2) is 4.99 Å². The van der Waals surface area contributed by atoms with Gasteiger partial charge in [0.2, 0.25) is 5.75 Å². The van der Waals surface area contributed by atoms with Crippen LogP contribution in [0.25, 0.3) is 0 Å². The molecule has 2 aromatic rings. The summed E-state index contributed by atoms with van der Waals surface area (Å²) in [5.41, 5.74) is 8.31. The Hall–Kier alpha value is -4.24. The molecule has 0 aliphatic carbocycles.